The first-order valence-electron chi connectivity index (χ1n) is 7.71. The smallest absolute Gasteiger partial charge is 0.228 e. The molecule has 0 bridgehead atoms. The van der Waals surface area contributed by atoms with Gasteiger partial charge in [-0.05, 0) is 30.7 Å². The van der Waals surface area contributed by atoms with Crippen LogP contribution in [0.4, 0.5) is 10.1 Å². The van der Waals surface area contributed by atoms with E-state index in [-0.39, 0.29) is 11.7 Å². The van der Waals surface area contributed by atoms with Gasteiger partial charge in [-0.2, -0.15) is 0 Å². The van der Waals surface area contributed by atoms with Crippen molar-refractivity contribution in [1.29, 1.82) is 0 Å². The van der Waals surface area contributed by atoms with Crippen molar-refractivity contribution in [1.82, 2.24) is 5.32 Å². The topological polar surface area (TPSA) is 41.1 Å². The van der Waals surface area contributed by atoms with Crippen LogP contribution in [0, 0.1) is 5.82 Å². The highest BCUT2D eigenvalue weighted by atomic mass is 35.6. The number of carbonyl (C=O) groups excluding carboxylic acids is 1. The molecule has 0 aromatic heterocycles. The Balaban J connectivity index is 2.51. The molecule has 0 saturated heterocycles. The van der Waals surface area contributed by atoms with Crippen LogP contribution in [0.5, 0.6) is 0 Å². The highest BCUT2D eigenvalue weighted by molar-refractivity contribution is 6.68. The van der Waals surface area contributed by atoms with Crippen LogP contribution in [-0.4, -0.2) is 15.9 Å². The number of amides is 1. The summed E-state index contributed by atoms with van der Waals surface area (Å²) in [5.74, 6) is -0.551. The molecule has 1 amide bonds. The average molecular weight is 384 g/mol. The third-order valence-corrected chi connectivity index (χ3v) is 3.95. The highest BCUT2D eigenvalue weighted by Crippen LogP contribution is 2.31. The lowest BCUT2D eigenvalue weighted by Gasteiger charge is -2.27. The summed E-state index contributed by atoms with van der Waals surface area (Å²) in [6.07, 6.45) is 4.73. The molecule has 0 saturated carbocycles. The van der Waals surface area contributed by atoms with Crippen molar-refractivity contribution < 1.29 is 9.18 Å². The Morgan fingerprint density at radius 2 is 1.74 bits per heavy atom. The van der Waals surface area contributed by atoms with Crippen molar-refractivity contribution in [2.24, 2.45) is 0 Å². The second-order valence-electron chi connectivity index (χ2n) is 5.36. The van der Waals surface area contributed by atoms with Crippen LogP contribution in [-0.2, 0) is 4.79 Å². The summed E-state index contributed by atoms with van der Waals surface area (Å²) in [6.45, 7) is 2.14. The summed E-state index contributed by atoms with van der Waals surface area (Å²) >= 11 is 17.7. The second-order valence-corrected chi connectivity index (χ2v) is 7.73. The summed E-state index contributed by atoms with van der Waals surface area (Å²) in [4.78, 5) is 12.0. The fourth-order valence-corrected chi connectivity index (χ4v) is 2.36. The number of anilines is 1. The summed E-state index contributed by atoms with van der Waals surface area (Å²) in [7, 11) is 0. The van der Waals surface area contributed by atoms with Gasteiger partial charge < -0.3 is 10.6 Å². The minimum Gasteiger partial charge on any atom is -0.362 e. The molecule has 3 nitrogen and oxygen atoms in total. The Kier molecular flexibility index (Phi) is 9.03. The number of unbranched alkanes of at least 4 members (excludes halogenated alkanes) is 4. The molecule has 1 aromatic rings. The molecule has 0 unspecified atom stereocenters. The third-order valence-electron chi connectivity index (χ3n) is 3.30. The van der Waals surface area contributed by atoms with Crippen LogP contribution in [0.15, 0.2) is 24.3 Å². The SMILES string of the molecule is CCCCCCCC(=O)N[C@@H](Nc1ccc(F)cc1)C(Cl)(Cl)Cl. The van der Waals surface area contributed by atoms with Gasteiger partial charge in [-0.25, -0.2) is 4.39 Å². The largest absolute Gasteiger partial charge is 0.362 e. The normalized spacial score (nSPS) is 12.7. The molecule has 1 atom stereocenters. The summed E-state index contributed by atoms with van der Waals surface area (Å²) < 4.78 is 11.2. The molecule has 1 rings (SSSR count). The van der Waals surface area contributed by atoms with Crippen molar-refractivity contribution in [3.63, 3.8) is 0 Å². The number of benzene rings is 1. The lowest BCUT2D eigenvalue weighted by Crippen LogP contribution is -2.49. The number of halogens is 4. The zero-order valence-electron chi connectivity index (χ0n) is 13.0. The first-order valence-corrected chi connectivity index (χ1v) is 8.84. The molecule has 0 aliphatic rings. The van der Waals surface area contributed by atoms with Crippen molar-refractivity contribution >= 4 is 46.4 Å². The van der Waals surface area contributed by atoms with E-state index in [1.807, 2.05) is 0 Å². The van der Waals surface area contributed by atoms with Crippen LogP contribution >= 0.6 is 34.8 Å². The first-order chi connectivity index (χ1) is 10.8. The van der Waals surface area contributed by atoms with E-state index in [1.165, 1.54) is 30.7 Å². The molecule has 0 radical (unpaired) electrons. The number of alkyl halides is 3. The van der Waals surface area contributed by atoms with Crippen LogP contribution in [0.3, 0.4) is 0 Å². The summed E-state index contributed by atoms with van der Waals surface area (Å²) in [5, 5.41) is 5.56. The van der Waals surface area contributed by atoms with Gasteiger partial charge in [0.1, 0.15) is 12.0 Å². The second kappa shape index (κ2) is 10.2. The van der Waals surface area contributed by atoms with Crippen LogP contribution in [0.25, 0.3) is 0 Å². The van der Waals surface area contributed by atoms with Crippen LogP contribution in [0.2, 0.25) is 0 Å². The highest BCUT2D eigenvalue weighted by Gasteiger charge is 2.33. The number of rotatable bonds is 9. The number of hydrogen-bond acceptors (Lipinski definition) is 2. The molecule has 7 heteroatoms. The van der Waals surface area contributed by atoms with Gasteiger partial charge in [0.05, 0.1) is 0 Å². The van der Waals surface area contributed by atoms with E-state index in [0.29, 0.717) is 12.1 Å². The predicted molar refractivity (Wildman–Crippen MR) is 95.6 cm³/mol. The maximum absolute atomic E-state index is 12.9. The Hall–Kier alpha value is -0.710. The standard InChI is InChI=1S/C16H22Cl3FN2O/c1-2-3-4-5-6-7-14(23)22-15(16(17,18)19)21-13-10-8-12(20)9-11-13/h8-11,15,21H,2-7H2,1H3,(H,22,23)/t15-/m1/s1. The van der Waals surface area contributed by atoms with Gasteiger partial charge in [-0.3, -0.25) is 4.79 Å². The number of hydrogen-bond donors (Lipinski definition) is 2. The monoisotopic (exact) mass is 382 g/mol. The van der Waals surface area contributed by atoms with E-state index < -0.39 is 9.96 Å². The number of nitrogens with one attached hydrogen (secondary N) is 2. The summed E-state index contributed by atoms with van der Waals surface area (Å²) in [5.41, 5.74) is 0.547. The maximum atomic E-state index is 12.9. The Labute approximate surface area is 151 Å². The van der Waals surface area contributed by atoms with E-state index in [9.17, 15) is 9.18 Å². The fourth-order valence-electron chi connectivity index (χ4n) is 2.03. The zero-order valence-corrected chi connectivity index (χ0v) is 15.3. The molecule has 2 N–H and O–H groups in total. The van der Waals surface area contributed by atoms with Gasteiger partial charge in [-0.15, -0.1) is 0 Å². The number of carbonyl (C=O) groups is 1. The maximum Gasteiger partial charge on any atom is 0.228 e. The molecule has 0 aliphatic heterocycles. The molecule has 0 aliphatic carbocycles. The van der Waals surface area contributed by atoms with E-state index >= 15 is 0 Å². The van der Waals surface area contributed by atoms with E-state index in [2.05, 4.69) is 17.6 Å². The van der Waals surface area contributed by atoms with Gasteiger partial charge in [0.2, 0.25) is 9.70 Å². The van der Waals surface area contributed by atoms with E-state index in [4.69, 9.17) is 34.8 Å². The summed E-state index contributed by atoms with van der Waals surface area (Å²) in [6, 6.07) is 5.59. The Bertz CT molecular complexity index is 477. The minimum atomic E-state index is -1.73. The predicted octanol–water partition coefficient (Wildman–Crippen LogP) is 5.41. The van der Waals surface area contributed by atoms with Crippen molar-refractivity contribution in [2.75, 3.05) is 5.32 Å². The molecular formula is C16H22Cl3FN2O. The first kappa shape index (κ1) is 20.3. The molecule has 1 aromatic carbocycles. The zero-order chi connectivity index (χ0) is 17.3. The molecule has 130 valence electrons. The van der Waals surface area contributed by atoms with Gasteiger partial charge in [0, 0.05) is 12.1 Å². The Morgan fingerprint density at radius 1 is 1.13 bits per heavy atom. The lowest BCUT2D eigenvalue weighted by molar-refractivity contribution is -0.121. The van der Waals surface area contributed by atoms with Crippen molar-refractivity contribution in [3.8, 4) is 0 Å². The van der Waals surface area contributed by atoms with Gasteiger partial charge >= 0.3 is 0 Å². The fraction of sp³-hybridized carbons (Fsp3) is 0.562. The Morgan fingerprint density at radius 3 is 2.30 bits per heavy atom. The molecule has 23 heavy (non-hydrogen) atoms. The quantitative estimate of drug-likeness (QED) is 0.340. The molecule has 0 fully saturated rings. The van der Waals surface area contributed by atoms with Crippen LogP contribution < -0.4 is 10.6 Å². The van der Waals surface area contributed by atoms with Crippen LogP contribution in [0.1, 0.15) is 45.4 Å². The molecule has 0 spiro atoms. The average Bonchev–Trinajstić information content (AvgIpc) is 2.47. The van der Waals surface area contributed by atoms with Crippen molar-refractivity contribution in [3.05, 3.63) is 30.1 Å². The van der Waals surface area contributed by atoms with Gasteiger partial charge in [0.15, 0.2) is 0 Å². The van der Waals surface area contributed by atoms with Crippen molar-refractivity contribution in [2.45, 2.75) is 55.4 Å². The third kappa shape index (κ3) is 8.63. The lowest BCUT2D eigenvalue weighted by atomic mass is 10.1. The van der Waals surface area contributed by atoms with E-state index in [0.717, 1.165) is 25.7 Å². The van der Waals surface area contributed by atoms with Gasteiger partial charge in [-0.1, -0.05) is 67.4 Å². The minimum absolute atomic E-state index is 0.188. The van der Waals surface area contributed by atoms with Gasteiger partial charge in [0.25, 0.3) is 0 Å². The molecule has 0 heterocycles. The molecular weight excluding hydrogens is 362 g/mol. The van der Waals surface area contributed by atoms with E-state index in [1.54, 1.807) is 0 Å².